The number of ether oxygens (including phenoxy) is 2. The van der Waals surface area contributed by atoms with E-state index >= 15 is 0 Å². The molecule has 0 saturated carbocycles. The van der Waals surface area contributed by atoms with Crippen LogP contribution in [0.25, 0.3) is 0 Å². The molecule has 1 N–H and O–H groups in total. The van der Waals surface area contributed by atoms with Crippen molar-refractivity contribution >= 4 is 21.6 Å². The van der Waals surface area contributed by atoms with E-state index in [0.29, 0.717) is 49.5 Å². The first kappa shape index (κ1) is 22.2. The van der Waals surface area contributed by atoms with Crippen LogP contribution in [-0.2, 0) is 26.0 Å². The van der Waals surface area contributed by atoms with Crippen molar-refractivity contribution in [3.05, 3.63) is 53.3 Å². The largest absolute Gasteiger partial charge is 0.494 e. The maximum atomic E-state index is 13.8. The second-order valence-electron chi connectivity index (χ2n) is 7.01. The van der Waals surface area contributed by atoms with Crippen LogP contribution in [0.2, 0.25) is 0 Å². The number of morpholine rings is 1. The van der Waals surface area contributed by atoms with Gasteiger partial charge in [-0.15, -0.1) is 0 Å². The molecule has 0 atom stereocenters. The van der Waals surface area contributed by atoms with Crippen LogP contribution in [0, 0.1) is 12.7 Å². The summed E-state index contributed by atoms with van der Waals surface area (Å²) in [6, 6.07) is 9.37. The molecule has 0 bridgehead atoms. The highest BCUT2D eigenvalue weighted by Crippen LogP contribution is 2.25. The second kappa shape index (κ2) is 9.55. The Bertz CT molecular complexity index is 1020. The smallest absolute Gasteiger partial charge is 0.243 e. The molecule has 9 heteroatoms. The van der Waals surface area contributed by atoms with Gasteiger partial charge in [-0.05, 0) is 48.7 Å². The number of nitrogens with zero attached hydrogens (tertiary/aromatic N) is 1. The Morgan fingerprint density at radius 1 is 1.20 bits per heavy atom. The predicted molar refractivity (Wildman–Crippen MR) is 111 cm³/mol. The number of amides is 1. The topological polar surface area (TPSA) is 84.9 Å². The molecule has 30 heavy (non-hydrogen) atoms. The molecule has 0 radical (unpaired) electrons. The van der Waals surface area contributed by atoms with Crippen LogP contribution in [0.3, 0.4) is 0 Å². The van der Waals surface area contributed by atoms with Crippen LogP contribution in [-0.4, -0.2) is 52.0 Å². The van der Waals surface area contributed by atoms with Crippen LogP contribution in [0.5, 0.6) is 5.75 Å². The number of hydrogen-bond acceptors (Lipinski definition) is 5. The van der Waals surface area contributed by atoms with Crippen molar-refractivity contribution in [2.45, 2.75) is 24.7 Å². The average molecular weight is 437 g/mol. The van der Waals surface area contributed by atoms with E-state index in [1.807, 2.05) is 0 Å². The lowest BCUT2D eigenvalue weighted by atomic mass is 10.1. The van der Waals surface area contributed by atoms with Gasteiger partial charge in [-0.2, -0.15) is 4.31 Å². The van der Waals surface area contributed by atoms with Gasteiger partial charge < -0.3 is 14.8 Å². The Kier molecular flexibility index (Phi) is 7.06. The number of anilines is 1. The molecule has 1 fully saturated rings. The Labute approximate surface area is 175 Å². The van der Waals surface area contributed by atoms with E-state index in [2.05, 4.69) is 5.32 Å². The number of rotatable bonds is 7. The fourth-order valence-corrected chi connectivity index (χ4v) is 4.89. The first-order valence-electron chi connectivity index (χ1n) is 9.62. The van der Waals surface area contributed by atoms with E-state index < -0.39 is 15.8 Å². The van der Waals surface area contributed by atoms with E-state index in [0.717, 1.165) is 0 Å². The van der Waals surface area contributed by atoms with E-state index in [1.165, 1.54) is 29.6 Å². The molecule has 1 saturated heterocycles. The van der Waals surface area contributed by atoms with Crippen LogP contribution >= 0.6 is 0 Å². The minimum atomic E-state index is -3.67. The van der Waals surface area contributed by atoms with Crippen LogP contribution in [0.1, 0.15) is 17.5 Å². The summed E-state index contributed by atoms with van der Waals surface area (Å²) in [6.07, 6.45) is 0.475. The van der Waals surface area contributed by atoms with Crippen molar-refractivity contribution < 1.29 is 27.1 Å². The lowest BCUT2D eigenvalue weighted by molar-refractivity contribution is -0.116. The normalized spacial score (nSPS) is 15.0. The van der Waals surface area contributed by atoms with E-state index in [1.54, 1.807) is 25.1 Å². The number of aryl methyl sites for hydroxylation is 2. The molecule has 0 aliphatic carbocycles. The molecule has 162 valence electrons. The Balaban J connectivity index is 1.67. The van der Waals surface area contributed by atoms with Gasteiger partial charge in [0.2, 0.25) is 15.9 Å². The van der Waals surface area contributed by atoms with Crippen LogP contribution in [0.4, 0.5) is 10.1 Å². The highest BCUT2D eigenvalue weighted by atomic mass is 32.2. The zero-order chi connectivity index (χ0) is 21.7. The first-order valence-corrected chi connectivity index (χ1v) is 11.1. The Hall–Kier alpha value is -2.49. The van der Waals surface area contributed by atoms with Crippen molar-refractivity contribution in [2.75, 3.05) is 38.7 Å². The molecular formula is C21H25FN2O5S. The second-order valence-corrected chi connectivity index (χ2v) is 8.92. The van der Waals surface area contributed by atoms with Gasteiger partial charge in [0.1, 0.15) is 0 Å². The fourth-order valence-electron chi connectivity index (χ4n) is 3.23. The SMILES string of the molecule is COc1ccc(CCC(=O)Nc2ccc(C)c(S(=O)(=O)N3CCOCC3)c2)cc1F. The van der Waals surface area contributed by atoms with Crippen molar-refractivity contribution in [1.29, 1.82) is 0 Å². The average Bonchev–Trinajstić information content (AvgIpc) is 2.74. The fraction of sp³-hybridized carbons (Fsp3) is 0.381. The van der Waals surface area contributed by atoms with Gasteiger partial charge in [-0.25, -0.2) is 12.8 Å². The Morgan fingerprint density at radius 3 is 2.60 bits per heavy atom. The van der Waals surface area contributed by atoms with E-state index in [9.17, 15) is 17.6 Å². The van der Waals surface area contributed by atoms with Crippen molar-refractivity contribution in [1.82, 2.24) is 4.31 Å². The van der Waals surface area contributed by atoms with Crippen LogP contribution < -0.4 is 10.1 Å². The molecule has 1 aliphatic heterocycles. The molecule has 0 spiro atoms. The van der Waals surface area contributed by atoms with Crippen molar-refractivity contribution in [3.8, 4) is 5.75 Å². The third-order valence-electron chi connectivity index (χ3n) is 4.92. The third kappa shape index (κ3) is 5.16. The molecule has 0 unspecified atom stereocenters. The molecule has 1 heterocycles. The molecule has 3 rings (SSSR count). The molecule has 2 aromatic rings. The molecular weight excluding hydrogens is 411 g/mol. The highest BCUT2D eigenvalue weighted by molar-refractivity contribution is 7.89. The zero-order valence-electron chi connectivity index (χ0n) is 17.0. The predicted octanol–water partition coefficient (Wildman–Crippen LogP) is 2.73. The van der Waals surface area contributed by atoms with Gasteiger partial charge in [-0.1, -0.05) is 12.1 Å². The van der Waals surface area contributed by atoms with Gasteiger partial charge in [0, 0.05) is 25.2 Å². The summed E-state index contributed by atoms with van der Waals surface area (Å²) in [5.41, 5.74) is 1.68. The zero-order valence-corrected chi connectivity index (χ0v) is 17.8. The number of sulfonamides is 1. The van der Waals surface area contributed by atoms with Crippen LogP contribution in [0.15, 0.2) is 41.3 Å². The molecule has 7 nitrogen and oxygen atoms in total. The van der Waals surface area contributed by atoms with Gasteiger partial charge in [0.25, 0.3) is 0 Å². The van der Waals surface area contributed by atoms with Gasteiger partial charge in [0.05, 0.1) is 25.2 Å². The van der Waals surface area contributed by atoms with Crippen molar-refractivity contribution in [2.24, 2.45) is 0 Å². The molecule has 2 aromatic carbocycles. The first-order chi connectivity index (χ1) is 14.3. The number of halogens is 1. The van der Waals surface area contributed by atoms with E-state index in [-0.39, 0.29) is 23.0 Å². The maximum absolute atomic E-state index is 13.8. The molecule has 0 aromatic heterocycles. The number of carbonyl (C=O) groups excluding carboxylic acids is 1. The summed E-state index contributed by atoms with van der Waals surface area (Å²) in [5.74, 6) is -0.617. The minimum absolute atomic E-state index is 0.130. The maximum Gasteiger partial charge on any atom is 0.243 e. The number of methoxy groups -OCH3 is 1. The number of hydrogen-bond donors (Lipinski definition) is 1. The van der Waals surface area contributed by atoms with Gasteiger partial charge >= 0.3 is 0 Å². The molecule has 1 amide bonds. The standard InChI is InChI=1S/C21H25FN2O5S/c1-15-3-6-17(14-20(15)30(26,27)24-9-11-29-12-10-24)23-21(25)8-5-16-4-7-19(28-2)18(22)13-16/h3-4,6-7,13-14H,5,8-12H2,1-2H3,(H,23,25). The van der Waals surface area contributed by atoms with Gasteiger partial charge in [-0.3, -0.25) is 4.79 Å². The summed E-state index contributed by atoms with van der Waals surface area (Å²) in [5, 5.41) is 2.73. The van der Waals surface area contributed by atoms with Crippen molar-refractivity contribution in [3.63, 3.8) is 0 Å². The summed E-state index contributed by atoms with van der Waals surface area (Å²) in [4.78, 5) is 12.5. The monoisotopic (exact) mass is 436 g/mol. The lowest BCUT2D eigenvalue weighted by Crippen LogP contribution is -2.40. The quantitative estimate of drug-likeness (QED) is 0.722. The highest BCUT2D eigenvalue weighted by Gasteiger charge is 2.28. The lowest BCUT2D eigenvalue weighted by Gasteiger charge is -2.26. The summed E-state index contributed by atoms with van der Waals surface area (Å²) in [6.45, 7) is 3.05. The summed E-state index contributed by atoms with van der Waals surface area (Å²) >= 11 is 0. The van der Waals surface area contributed by atoms with E-state index in [4.69, 9.17) is 9.47 Å². The number of carbonyl (C=O) groups is 1. The Morgan fingerprint density at radius 2 is 1.93 bits per heavy atom. The number of benzene rings is 2. The number of nitrogens with one attached hydrogen (secondary N) is 1. The molecule has 1 aliphatic rings. The summed E-state index contributed by atoms with van der Waals surface area (Å²) < 4.78 is 51.2. The third-order valence-corrected chi connectivity index (χ3v) is 6.96. The minimum Gasteiger partial charge on any atom is -0.494 e. The van der Waals surface area contributed by atoms with Gasteiger partial charge in [0.15, 0.2) is 11.6 Å². The summed E-state index contributed by atoms with van der Waals surface area (Å²) in [7, 11) is -2.28.